The van der Waals surface area contributed by atoms with E-state index in [0.717, 1.165) is 40.8 Å². The summed E-state index contributed by atoms with van der Waals surface area (Å²) in [5, 5.41) is 16.8. The second-order valence-electron chi connectivity index (χ2n) is 15.5. The van der Waals surface area contributed by atoms with Crippen molar-refractivity contribution in [3.05, 3.63) is 95.8 Å². The van der Waals surface area contributed by atoms with Crippen LogP contribution in [0.5, 0.6) is 0 Å². The number of nitrogens with zero attached hydrogens (tertiary/aromatic N) is 3. The summed E-state index contributed by atoms with van der Waals surface area (Å²) in [6.07, 6.45) is 3.64. The summed E-state index contributed by atoms with van der Waals surface area (Å²) in [6.45, 7) is 6.34. The quantitative estimate of drug-likeness (QED) is 0.0693. The highest BCUT2D eigenvalue weighted by Crippen LogP contribution is 2.41. The van der Waals surface area contributed by atoms with E-state index in [1.165, 1.54) is 11.8 Å². The molecule has 18 heteroatoms. The van der Waals surface area contributed by atoms with Crippen LogP contribution < -0.4 is 21.7 Å². The fourth-order valence-corrected chi connectivity index (χ4v) is 7.59. The number of hydrogen-bond acceptors (Lipinski definition) is 9. The van der Waals surface area contributed by atoms with Gasteiger partial charge in [-0.1, -0.05) is 51.1 Å². The van der Waals surface area contributed by atoms with Crippen LogP contribution in [0.1, 0.15) is 63.8 Å². The van der Waals surface area contributed by atoms with Gasteiger partial charge in [-0.15, -0.1) is 0 Å². The lowest BCUT2D eigenvalue weighted by molar-refractivity contribution is -0.141. The molecule has 2 atom stereocenters. The smallest absolute Gasteiger partial charge is 0.303 e. The Kier molecular flexibility index (Phi) is 17.7. The van der Waals surface area contributed by atoms with Gasteiger partial charge in [0.25, 0.3) is 11.8 Å². The number of imide groups is 1. The third kappa shape index (κ3) is 14.4. The number of thioether (sulfide) groups is 1. The molecule has 61 heavy (non-hydrogen) atoms. The van der Waals surface area contributed by atoms with Crippen molar-refractivity contribution in [3.8, 4) is 11.1 Å². The lowest BCUT2D eigenvalue weighted by atomic mass is 9.83. The maximum absolute atomic E-state index is 15.1. The molecule has 0 saturated heterocycles. The summed E-state index contributed by atoms with van der Waals surface area (Å²) >= 11 is 1.21. The molecule has 1 aliphatic rings. The summed E-state index contributed by atoms with van der Waals surface area (Å²) in [5.41, 5.74) is 7.60. The third-order valence-corrected chi connectivity index (χ3v) is 10.6. The number of carboxylic acid groups (broad SMARTS) is 1. The molecule has 328 valence electrons. The SMILES string of the molecule is CC(C)(C)[C@H](c1cc(-c2cc(F)ccc2F)cn1Cc1ccccc1)N(CCCN)C(=O)CSCCC(=O)NC(CCC(=O)O)C(=O)NCCNC(=O)CN1C(=O)C=CC1=O. The fourth-order valence-electron chi connectivity index (χ4n) is 6.78. The van der Waals surface area contributed by atoms with Crippen molar-refractivity contribution < 1.29 is 47.4 Å². The molecule has 0 bridgehead atoms. The van der Waals surface area contributed by atoms with Crippen molar-refractivity contribution >= 4 is 53.2 Å². The Labute approximate surface area is 357 Å². The second kappa shape index (κ2) is 22.6. The number of rotatable bonds is 23. The van der Waals surface area contributed by atoms with E-state index >= 15 is 4.39 Å². The van der Waals surface area contributed by atoms with Gasteiger partial charge in [-0.3, -0.25) is 38.5 Å². The maximum Gasteiger partial charge on any atom is 0.303 e. The van der Waals surface area contributed by atoms with Crippen LogP contribution in [0.15, 0.2) is 72.9 Å². The Balaban J connectivity index is 1.41. The van der Waals surface area contributed by atoms with Crippen LogP contribution in [0.25, 0.3) is 11.1 Å². The van der Waals surface area contributed by atoms with E-state index in [1.54, 1.807) is 17.2 Å². The number of aromatic nitrogens is 1. The Morgan fingerprint density at radius 2 is 1.61 bits per heavy atom. The van der Waals surface area contributed by atoms with E-state index in [4.69, 9.17) is 5.73 Å². The number of carbonyl (C=O) groups is 7. The van der Waals surface area contributed by atoms with Crippen LogP contribution in [-0.4, -0.2) is 111 Å². The number of carboxylic acids is 1. The number of halogens is 2. The number of hydrogen-bond donors (Lipinski definition) is 5. The lowest BCUT2D eigenvalue weighted by Crippen LogP contribution is -2.49. The van der Waals surface area contributed by atoms with Crippen LogP contribution in [-0.2, 0) is 40.1 Å². The van der Waals surface area contributed by atoms with Crippen LogP contribution in [0, 0.1) is 17.0 Å². The summed E-state index contributed by atoms with van der Waals surface area (Å²) in [6, 6.07) is 13.0. The van der Waals surface area contributed by atoms with E-state index in [2.05, 4.69) is 16.0 Å². The molecule has 0 spiro atoms. The zero-order valence-electron chi connectivity index (χ0n) is 34.5. The molecule has 0 fully saturated rings. The first-order valence-electron chi connectivity index (χ1n) is 19.8. The predicted molar refractivity (Wildman–Crippen MR) is 226 cm³/mol. The number of nitrogens with two attached hydrogens (primary N) is 1. The van der Waals surface area contributed by atoms with Gasteiger partial charge in [0.1, 0.15) is 24.2 Å². The van der Waals surface area contributed by atoms with E-state index in [-0.39, 0.29) is 48.9 Å². The Morgan fingerprint density at radius 1 is 0.918 bits per heavy atom. The van der Waals surface area contributed by atoms with Crippen molar-refractivity contribution in [2.75, 3.05) is 44.2 Å². The number of aliphatic carboxylic acids is 1. The zero-order valence-corrected chi connectivity index (χ0v) is 35.3. The van der Waals surface area contributed by atoms with Crippen molar-refractivity contribution in [2.24, 2.45) is 11.1 Å². The molecular formula is C43H53F2N7O8S. The van der Waals surface area contributed by atoms with Gasteiger partial charge in [0.15, 0.2) is 0 Å². The van der Waals surface area contributed by atoms with E-state index in [1.807, 2.05) is 55.7 Å². The van der Waals surface area contributed by atoms with Gasteiger partial charge in [0.2, 0.25) is 23.6 Å². The lowest BCUT2D eigenvalue weighted by Gasteiger charge is -2.41. The molecule has 0 aliphatic carbocycles. The average molecular weight is 866 g/mol. The summed E-state index contributed by atoms with van der Waals surface area (Å²) in [5.74, 6) is -5.49. The average Bonchev–Trinajstić information content (AvgIpc) is 3.76. The molecule has 2 heterocycles. The second-order valence-corrected chi connectivity index (χ2v) is 16.6. The number of nitrogens with one attached hydrogen (secondary N) is 3. The largest absolute Gasteiger partial charge is 0.481 e. The monoisotopic (exact) mass is 865 g/mol. The fraction of sp³-hybridized carbons (Fsp3) is 0.419. The van der Waals surface area contributed by atoms with Gasteiger partial charge in [-0.25, -0.2) is 8.78 Å². The van der Waals surface area contributed by atoms with Crippen LogP contribution in [0.2, 0.25) is 0 Å². The van der Waals surface area contributed by atoms with Gasteiger partial charge in [0.05, 0.1) is 11.8 Å². The van der Waals surface area contributed by atoms with Gasteiger partial charge in [0, 0.05) is 79.9 Å². The van der Waals surface area contributed by atoms with Crippen molar-refractivity contribution in [1.29, 1.82) is 0 Å². The standard InChI is InChI=1S/C43H53F2N7O8S/c1-43(2,3)41(34-22-29(31-23-30(44)10-11-32(31)45)25-50(34)24-28-8-5-4-6-9-28)51(20-7-17-46)39(57)27-61-21-16-35(53)49-33(12-15-40(58)59)42(60)48-19-18-47-36(54)26-52-37(55)13-14-38(52)56/h4-6,8-11,13-14,22-23,25,33,41H,7,12,15-21,24,26-27,46H2,1-3H3,(H,47,54)(H,48,60)(H,49,53)(H,58,59)/t33?,41-/m0/s1. The number of benzene rings is 2. The molecule has 15 nitrogen and oxygen atoms in total. The first-order valence-corrected chi connectivity index (χ1v) is 21.0. The van der Waals surface area contributed by atoms with Crippen LogP contribution >= 0.6 is 11.8 Å². The molecular weight excluding hydrogens is 813 g/mol. The van der Waals surface area contributed by atoms with E-state index in [0.29, 0.717) is 37.3 Å². The summed E-state index contributed by atoms with van der Waals surface area (Å²) in [7, 11) is 0. The first kappa shape index (κ1) is 47.8. The molecule has 4 rings (SSSR count). The Bertz CT molecular complexity index is 2070. The third-order valence-electron chi connectivity index (χ3n) is 9.65. The topological polar surface area (TPSA) is 213 Å². The minimum atomic E-state index is -1.20. The molecule has 2 aromatic carbocycles. The zero-order chi connectivity index (χ0) is 44.7. The highest BCUT2D eigenvalue weighted by Gasteiger charge is 2.37. The van der Waals surface area contributed by atoms with Crippen molar-refractivity contribution in [3.63, 3.8) is 0 Å². The Hall–Kier alpha value is -5.88. The minimum absolute atomic E-state index is 0.0134. The molecule has 6 amide bonds. The number of carbonyl (C=O) groups excluding carboxylic acids is 6. The molecule has 0 radical (unpaired) electrons. The summed E-state index contributed by atoms with van der Waals surface area (Å²) < 4.78 is 31.5. The highest BCUT2D eigenvalue weighted by atomic mass is 32.2. The molecule has 1 aliphatic heterocycles. The minimum Gasteiger partial charge on any atom is -0.481 e. The van der Waals surface area contributed by atoms with Gasteiger partial charge in [-0.2, -0.15) is 11.8 Å². The van der Waals surface area contributed by atoms with Crippen molar-refractivity contribution in [1.82, 2.24) is 30.3 Å². The highest BCUT2D eigenvalue weighted by molar-refractivity contribution is 7.99. The first-order chi connectivity index (χ1) is 29.0. The van der Waals surface area contributed by atoms with E-state index < -0.39 is 77.6 Å². The molecule has 6 N–H and O–H groups in total. The Morgan fingerprint density at radius 3 is 2.26 bits per heavy atom. The van der Waals surface area contributed by atoms with Crippen LogP contribution in [0.4, 0.5) is 8.78 Å². The molecule has 3 aromatic rings. The van der Waals surface area contributed by atoms with Crippen LogP contribution in [0.3, 0.4) is 0 Å². The van der Waals surface area contributed by atoms with Gasteiger partial charge in [-0.05, 0) is 54.6 Å². The molecule has 1 aromatic heterocycles. The van der Waals surface area contributed by atoms with Gasteiger partial charge >= 0.3 is 5.97 Å². The molecule has 1 unspecified atom stereocenters. The van der Waals surface area contributed by atoms with Crippen molar-refractivity contribution in [2.45, 2.75) is 65.1 Å². The molecule has 0 saturated carbocycles. The van der Waals surface area contributed by atoms with E-state index in [9.17, 15) is 43.1 Å². The predicted octanol–water partition coefficient (Wildman–Crippen LogP) is 3.38. The van der Waals surface area contributed by atoms with Gasteiger partial charge < -0.3 is 36.3 Å². The maximum atomic E-state index is 15.1. The summed E-state index contributed by atoms with van der Waals surface area (Å²) in [4.78, 5) is 89.4. The normalized spacial score (nSPS) is 13.5. The number of amides is 6.